The van der Waals surface area contributed by atoms with E-state index in [-0.39, 0.29) is 30.3 Å². The van der Waals surface area contributed by atoms with E-state index < -0.39 is 16.1 Å². The van der Waals surface area contributed by atoms with E-state index in [9.17, 15) is 18.0 Å². The lowest BCUT2D eigenvalue weighted by Crippen LogP contribution is -2.54. The van der Waals surface area contributed by atoms with Gasteiger partial charge in [-0.3, -0.25) is 9.59 Å². The van der Waals surface area contributed by atoms with Crippen molar-refractivity contribution in [3.05, 3.63) is 28.8 Å². The lowest BCUT2D eigenvalue weighted by Gasteiger charge is -2.35. The zero-order valence-electron chi connectivity index (χ0n) is 17.9. The molecule has 3 rings (SSSR count). The first-order chi connectivity index (χ1) is 13.4. The average molecular weight is 422 g/mol. The van der Waals surface area contributed by atoms with Crippen LogP contribution >= 0.6 is 0 Å². The van der Waals surface area contributed by atoms with E-state index in [1.54, 1.807) is 4.90 Å². The van der Waals surface area contributed by atoms with Gasteiger partial charge in [-0.25, -0.2) is 8.42 Å². The minimum Gasteiger partial charge on any atom is -0.344 e. The summed E-state index contributed by atoms with van der Waals surface area (Å²) < 4.78 is 28.1. The number of carbonyl (C=O) groups is 2. The van der Waals surface area contributed by atoms with Gasteiger partial charge in [0, 0.05) is 32.6 Å². The Morgan fingerprint density at radius 2 is 1.62 bits per heavy atom. The van der Waals surface area contributed by atoms with Crippen LogP contribution in [0.4, 0.5) is 0 Å². The number of sulfonamides is 1. The van der Waals surface area contributed by atoms with Crippen molar-refractivity contribution in [3.8, 4) is 0 Å². The Bertz CT molecular complexity index is 903. The second-order valence-electron chi connectivity index (χ2n) is 9.08. The lowest BCUT2D eigenvalue weighted by molar-refractivity contribution is -0.135. The maximum Gasteiger partial charge on any atom is 0.245 e. The van der Waals surface area contributed by atoms with E-state index >= 15 is 0 Å². The van der Waals surface area contributed by atoms with Gasteiger partial charge in [0.05, 0.1) is 4.90 Å². The molecule has 160 valence electrons. The number of amides is 2. The van der Waals surface area contributed by atoms with Crippen molar-refractivity contribution in [3.63, 3.8) is 0 Å². The van der Waals surface area contributed by atoms with Crippen LogP contribution in [0.15, 0.2) is 17.0 Å². The first kappa shape index (κ1) is 21.8. The quantitative estimate of drug-likeness (QED) is 0.805. The third-order valence-electron chi connectivity index (χ3n) is 5.77. The highest BCUT2D eigenvalue weighted by Gasteiger charge is 2.36. The second-order valence-corrected chi connectivity index (χ2v) is 11.0. The molecule has 2 aliphatic heterocycles. The van der Waals surface area contributed by atoms with Crippen molar-refractivity contribution in [2.24, 2.45) is 0 Å². The number of nitrogens with one attached hydrogen (secondary N) is 1. The van der Waals surface area contributed by atoms with E-state index in [2.05, 4.69) is 26.1 Å². The van der Waals surface area contributed by atoms with Crippen molar-refractivity contribution in [2.75, 3.05) is 26.2 Å². The van der Waals surface area contributed by atoms with Crippen LogP contribution in [0.5, 0.6) is 0 Å². The molecule has 0 radical (unpaired) electrons. The zero-order valence-corrected chi connectivity index (χ0v) is 18.7. The Hall–Kier alpha value is -1.93. The van der Waals surface area contributed by atoms with Gasteiger partial charge in [0.15, 0.2) is 0 Å². The monoisotopic (exact) mass is 421 g/mol. The molecule has 2 fully saturated rings. The molecule has 1 aromatic rings. The van der Waals surface area contributed by atoms with Crippen LogP contribution in [0.3, 0.4) is 0 Å². The average Bonchev–Trinajstić information content (AvgIpc) is 3.06. The van der Waals surface area contributed by atoms with E-state index in [4.69, 9.17) is 0 Å². The molecule has 0 spiro atoms. The number of hydrogen-bond donors (Lipinski definition) is 1. The van der Waals surface area contributed by atoms with Crippen molar-refractivity contribution in [1.29, 1.82) is 0 Å². The van der Waals surface area contributed by atoms with E-state index in [1.165, 1.54) is 4.31 Å². The molecule has 1 aromatic carbocycles. The molecule has 1 N–H and O–H groups in total. The summed E-state index contributed by atoms with van der Waals surface area (Å²) in [5.41, 5.74) is 2.56. The molecular weight excluding hydrogens is 390 g/mol. The molecular formula is C21H31N3O4S. The van der Waals surface area contributed by atoms with Crippen LogP contribution in [0.2, 0.25) is 0 Å². The summed E-state index contributed by atoms with van der Waals surface area (Å²) in [6, 6.07) is 3.45. The molecule has 0 bridgehead atoms. The third-order valence-corrected chi connectivity index (χ3v) is 7.97. The van der Waals surface area contributed by atoms with Crippen molar-refractivity contribution < 1.29 is 18.0 Å². The van der Waals surface area contributed by atoms with Gasteiger partial charge in [-0.2, -0.15) is 4.31 Å². The third kappa shape index (κ3) is 4.33. The van der Waals surface area contributed by atoms with Gasteiger partial charge in [-0.15, -0.1) is 0 Å². The lowest BCUT2D eigenvalue weighted by atomic mass is 9.85. The van der Waals surface area contributed by atoms with Crippen LogP contribution < -0.4 is 5.32 Å². The van der Waals surface area contributed by atoms with Gasteiger partial charge in [-0.05, 0) is 42.4 Å². The van der Waals surface area contributed by atoms with Gasteiger partial charge >= 0.3 is 0 Å². The molecule has 7 nitrogen and oxygen atoms in total. The molecule has 0 aliphatic carbocycles. The summed E-state index contributed by atoms with van der Waals surface area (Å²) >= 11 is 0. The molecule has 29 heavy (non-hydrogen) atoms. The number of hydrogen-bond acceptors (Lipinski definition) is 4. The molecule has 8 heteroatoms. The van der Waals surface area contributed by atoms with Gasteiger partial charge < -0.3 is 10.2 Å². The topological polar surface area (TPSA) is 86.8 Å². The minimum absolute atomic E-state index is 0.0561. The highest BCUT2D eigenvalue weighted by Crippen LogP contribution is 2.31. The van der Waals surface area contributed by atoms with Crippen molar-refractivity contribution in [2.45, 2.75) is 63.8 Å². The molecule has 2 heterocycles. The second kappa shape index (κ2) is 7.72. The highest BCUT2D eigenvalue weighted by atomic mass is 32.2. The predicted molar refractivity (Wildman–Crippen MR) is 111 cm³/mol. The molecule has 2 amide bonds. The maximum absolute atomic E-state index is 13.3. The van der Waals surface area contributed by atoms with Crippen molar-refractivity contribution >= 4 is 21.8 Å². The number of piperazine rings is 1. The Morgan fingerprint density at radius 1 is 1.07 bits per heavy atom. The van der Waals surface area contributed by atoms with Crippen LogP contribution in [0.25, 0.3) is 0 Å². The largest absolute Gasteiger partial charge is 0.344 e. The van der Waals surface area contributed by atoms with Crippen LogP contribution in [-0.2, 0) is 25.0 Å². The molecule has 2 saturated heterocycles. The molecule has 0 aromatic heterocycles. The van der Waals surface area contributed by atoms with E-state index in [0.29, 0.717) is 30.8 Å². The number of rotatable bonds is 3. The molecule has 1 atom stereocenters. The van der Waals surface area contributed by atoms with E-state index in [1.807, 2.05) is 26.0 Å². The Kier molecular flexibility index (Phi) is 5.80. The standard InChI is InChI=1S/C21H31N3O4S/c1-14-12-16(21(3,4)5)13-15(2)19(14)29(27,28)24-10-8-23(9-11-24)20(26)17-6-7-18(25)22-17/h12-13,17H,6-11H2,1-5H3,(H,22,25)/t17-/m1/s1. The van der Waals surface area contributed by atoms with Gasteiger partial charge in [0.2, 0.25) is 21.8 Å². The normalized spacial score (nSPS) is 21.3. The first-order valence-corrected chi connectivity index (χ1v) is 11.6. The number of benzene rings is 1. The number of carbonyl (C=O) groups excluding carboxylic acids is 2. The Labute approximate surface area is 173 Å². The fourth-order valence-electron chi connectivity index (χ4n) is 4.09. The first-order valence-electron chi connectivity index (χ1n) is 10.1. The summed E-state index contributed by atoms with van der Waals surface area (Å²) in [4.78, 5) is 25.9. The Morgan fingerprint density at radius 3 is 2.07 bits per heavy atom. The van der Waals surface area contributed by atoms with Gasteiger partial charge in [0.1, 0.15) is 6.04 Å². The van der Waals surface area contributed by atoms with E-state index in [0.717, 1.165) is 16.7 Å². The summed E-state index contributed by atoms with van der Waals surface area (Å²) in [5.74, 6) is -0.219. The fourth-order valence-corrected chi connectivity index (χ4v) is 5.92. The van der Waals surface area contributed by atoms with Crippen LogP contribution in [0.1, 0.15) is 50.3 Å². The Balaban J connectivity index is 1.75. The summed E-state index contributed by atoms with van der Waals surface area (Å²) in [6.45, 7) is 11.2. The minimum atomic E-state index is -3.64. The fraction of sp³-hybridized carbons (Fsp3) is 0.619. The molecule has 0 saturated carbocycles. The zero-order chi connectivity index (χ0) is 21.6. The smallest absolute Gasteiger partial charge is 0.245 e. The van der Waals surface area contributed by atoms with Gasteiger partial charge in [-0.1, -0.05) is 32.9 Å². The summed E-state index contributed by atoms with van der Waals surface area (Å²) in [6.07, 6.45) is 0.878. The molecule has 2 aliphatic rings. The summed E-state index contributed by atoms with van der Waals surface area (Å²) in [7, 11) is -3.64. The van der Waals surface area contributed by atoms with Gasteiger partial charge in [0.25, 0.3) is 0 Å². The number of aryl methyl sites for hydroxylation is 2. The van der Waals surface area contributed by atoms with Crippen LogP contribution in [-0.4, -0.2) is 61.7 Å². The van der Waals surface area contributed by atoms with Crippen molar-refractivity contribution in [1.82, 2.24) is 14.5 Å². The predicted octanol–water partition coefficient (Wildman–Crippen LogP) is 1.71. The summed E-state index contributed by atoms with van der Waals surface area (Å²) in [5, 5.41) is 2.69. The maximum atomic E-state index is 13.3. The van der Waals surface area contributed by atoms with Crippen LogP contribution in [0, 0.1) is 13.8 Å². The molecule has 0 unspecified atom stereocenters. The SMILES string of the molecule is Cc1cc(C(C)(C)C)cc(C)c1S(=O)(=O)N1CCN(C(=O)[C@H]2CCC(=O)N2)CC1. The highest BCUT2D eigenvalue weighted by molar-refractivity contribution is 7.89. The number of nitrogens with zero attached hydrogens (tertiary/aromatic N) is 2.